The molecule has 0 unspecified atom stereocenters. The Labute approximate surface area is 61.1 Å². The number of allylic oxidation sites excluding steroid dienone is 3. The molecule has 2 aliphatic carbocycles. The van der Waals surface area contributed by atoms with Crippen LogP contribution in [0, 0.1) is 5.92 Å². The molecule has 0 amide bonds. The van der Waals surface area contributed by atoms with Crippen LogP contribution in [0.3, 0.4) is 0 Å². The standard InChI is InChI=1S/C9H12O/c10-9-5-7-3-1-2-4-8(7)6-9/h1,3,5,8-10H,2,4,6H2/t8-,9+/m1/s1. The van der Waals surface area contributed by atoms with Gasteiger partial charge in [-0.15, -0.1) is 0 Å². The lowest BCUT2D eigenvalue weighted by molar-refractivity contribution is 0.208. The van der Waals surface area contributed by atoms with Gasteiger partial charge >= 0.3 is 0 Å². The zero-order chi connectivity index (χ0) is 6.97. The van der Waals surface area contributed by atoms with Gasteiger partial charge < -0.3 is 5.11 Å². The van der Waals surface area contributed by atoms with Crippen LogP contribution in [-0.4, -0.2) is 11.2 Å². The monoisotopic (exact) mass is 136 g/mol. The molecule has 1 heteroatoms. The summed E-state index contributed by atoms with van der Waals surface area (Å²) in [4.78, 5) is 0. The molecule has 0 bridgehead atoms. The van der Waals surface area contributed by atoms with E-state index in [4.69, 9.17) is 0 Å². The highest BCUT2D eigenvalue weighted by atomic mass is 16.3. The van der Waals surface area contributed by atoms with Gasteiger partial charge in [-0.2, -0.15) is 0 Å². The van der Waals surface area contributed by atoms with Crippen molar-refractivity contribution >= 4 is 0 Å². The predicted molar refractivity (Wildman–Crippen MR) is 40.6 cm³/mol. The fourth-order valence-electron chi connectivity index (χ4n) is 1.85. The van der Waals surface area contributed by atoms with E-state index in [0.717, 1.165) is 6.42 Å². The average Bonchev–Trinajstić information content (AvgIpc) is 2.27. The summed E-state index contributed by atoms with van der Waals surface area (Å²) in [7, 11) is 0. The van der Waals surface area contributed by atoms with Crippen LogP contribution in [0.15, 0.2) is 23.8 Å². The lowest BCUT2D eigenvalue weighted by Crippen LogP contribution is -2.04. The third-order valence-corrected chi connectivity index (χ3v) is 2.37. The van der Waals surface area contributed by atoms with Gasteiger partial charge in [0.05, 0.1) is 6.10 Å². The summed E-state index contributed by atoms with van der Waals surface area (Å²) in [6.07, 6.45) is 9.56. The van der Waals surface area contributed by atoms with Crippen molar-refractivity contribution in [3.63, 3.8) is 0 Å². The van der Waals surface area contributed by atoms with Crippen LogP contribution in [0.5, 0.6) is 0 Å². The Morgan fingerprint density at radius 1 is 1.50 bits per heavy atom. The van der Waals surface area contributed by atoms with Crippen LogP contribution in [0.4, 0.5) is 0 Å². The summed E-state index contributed by atoms with van der Waals surface area (Å²) >= 11 is 0. The number of fused-ring (bicyclic) bond motifs is 1. The first kappa shape index (κ1) is 6.17. The van der Waals surface area contributed by atoms with Crippen molar-refractivity contribution in [3.8, 4) is 0 Å². The fraction of sp³-hybridized carbons (Fsp3) is 0.556. The van der Waals surface area contributed by atoms with Crippen LogP contribution in [0.25, 0.3) is 0 Å². The molecule has 0 aliphatic heterocycles. The Morgan fingerprint density at radius 3 is 3.20 bits per heavy atom. The number of aliphatic hydroxyl groups is 1. The maximum atomic E-state index is 9.25. The van der Waals surface area contributed by atoms with Gasteiger partial charge in [0, 0.05) is 0 Å². The van der Waals surface area contributed by atoms with Crippen molar-refractivity contribution in [2.24, 2.45) is 5.92 Å². The van der Waals surface area contributed by atoms with Crippen molar-refractivity contribution in [3.05, 3.63) is 23.8 Å². The van der Waals surface area contributed by atoms with E-state index < -0.39 is 0 Å². The van der Waals surface area contributed by atoms with E-state index in [0.29, 0.717) is 5.92 Å². The van der Waals surface area contributed by atoms with E-state index in [1.54, 1.807) is 0 Å². The molecule has 1 N–H and O–H groups in total. The van der Waals surface area contributed by atoms with Gasteiger partial charge in [-0.25, -0.2) is 0 Å². The molecule has 0 aromatic heterocycles. The van der Waals surface area contributed by atoms with Gasteiger partial charge in [0.1, 0.15) is 0 Å². The summed E-state index contributed by atoms with van der Waals surface area (Å²) in [6.45, 7) is 0. The van der Waals surface area contributed by atoms with Crippen molar-refractivity contribution in [2.45, 2.75) is 25.4 Å². The Bertz CT molecular complexity index is 191. The van der Waals surface area contributed by atoms with Crippen LogP contribution in [-0.2, 0) is 0 Å². The highest BCUT2D eigenvalue weighted by Gasteiger charge is 2.24. The van der Waals surface area contributed by atoms with E-state index >= 15 is 0 Å². The zero-order valence-electron chi connectivity index (χ0n) is 5.96. The molecular formula is C9H12O. The molecule has 0 aromatic carbocycles. The average molecular weight is 136 g/mol. The normalized spacial score (nSPS) is 37.5. The van der Waals surface area contributed by atoms with Gasteiger partial charge in [0.2, 0.25) is 0 Å². The molecule has 1 nitrogen and oxygen atoms in total. The molecule has 0 aromatic rings. The number of aliphatic hydroxyl groups excluding tert-OH is 1. The molecule has 2 atom stereocenters. The van der Waals surface area contributed by atoms with E-state index in [1.165, 1.54) is 18.4 Å². The van der Waals surface area contributed by atoms with Gasteiger partial charge in [-0.3, -0.25) is 0 Å². The van der Waals surface area contributed by atoms with Crippen molar-refractivity contribution in [2.75, 3.05) is 0 Å². The quantitative estimate of drug-likeness (QED) is 0.536. The molecule has 2 aliphatic rings. The second-order valence-electron chi connectivity index (χ2n) is 3.15. The first-order valence-corrected chi connectivity index (χ1v) is 3.92. The molecule has 0 fully saturated rings. The van der Waals surface area contributed by atoms with Crippen LogP contribution in [0.2, 0.25) is 0 Å². The highest BCUT2D eigenvalue weighted by Crippen LogP contribution is 2.33. The molecule has 0 heterocycles. The third-order valence-electron chi connectivity index (χ3n) is 2.37. The Balaban J connectivity index is 2.22. The molecule has 0 spiro atoms. The van der Waals surface area contributed by atoms with E-state index in [-0.39, 0.29) is 6.10 Å². The summed E-state index contributed by atoms with van der Waals surface area (Å²) in [6, 6.07) is 0. The molecular weight excluding hydrogens is 124 g/mol. The van der Waals surface area contributed by atoms with Crippen LogP contribution >= 0.6 is 0 Å². The van der Waals surface area contributed by atoms with Crippen LogP contribution < -0.4 is 0 Å². The topological polar surface area (TPSA) is 20.2 Å². The first-order chi connectivity index (χ1) is 4.86. The van der Waals surface area contributed by atoms with Crippen molar-refractivity contribution in [1.82, 2.24) is 0 Å². The first-order valence-electron chi connectivity index (χ1n) is 3.92. The molecule has 0 saturated carbocycles. The van der Waals surface area contributed by atoms with Crippen molar-refractivity contribution < 1.29 is 5.11 Å². The molecule has 0 saturated heterocycles. The minimum absolute atomic E-state index is 0.164. The molecule has 54 valence electrons. The molecule has 2 rings (SSSR count). The van der Waals surface area contributed by atoms with Crippen molar-refractivity contribution in [1.29, 1.82) is 0 Å². The lowest BCUT2D eigenvalue weighted by Gasteiger charge is -2.14. The summed E-state index contributed by atoms with van der Waals surface area (Å²) < 4.78 is 0. The molecule has 10 heavy (non-hydrogen) atoms. The van der Waals surface area contributed by atoms with Gasteiger partial charge in [-0.05, 0) is 30.8 Å². The smallest absolute Gasteiger partial charge is 0.0732 e. The fourth-order valence-corrected chi connectivity index (χ4v) is 1.85. The summed E-state index contributed by atoms with van der Waals surface area (Å²) in [5.74, 6) is 0.667. The number of rotatable bonds is 0. The summed E-state index contributed by atoms with van der Waals surface area (Å²) in [5.41, 5.74) is 1.36. The van der Waals surface area contributed by atoms with Gasteiger partial charge in [0.15, 0.2) is 0 Å². The third kappa shape index (κ3) is 0.907. The SMILES string of the molecule is O[C@H]1C=C2C=CCC[C@@H]2C1. The second-order valence-corrected chi connectivity index (χ2v) is 3.15. The summed E-state index contributed by atoms with van der Waals surface area (Å²) in [5, 5.41) is 9.25. The van der Waals surface area contributed by atoms with Crippen LogP contribution in [0.1, 0.15) is 19.3 Å². The second kappa shape index (κ2) is 2.24. The Morgan fingerprint density at radius 2 is 2.40 bits per heavy atom. The number of hydrogen-bond acceptors (Lipinski definition) is 1. The Kier molecular flexibility index (Phi) is 1.38. The van der Waals surface area contributed by atoms with Gasteiger partial charge in [-0.1, -0.05) is 18.2 Å². The van der Waals surface area contributed by atoms with E-state index in [1.807, 2.05) is 6.08 Å². The molecule has 0 radical (unpaired) electrons. The zero-order valence-corrected chi connectivity index (χ0v) is 5.96. The lowest BCUT2D eigenvalue weighted by atomic mass is 9.91. The predicted octanol–water partition coefficient (Wildman–Crippen LogP) is 1.64. The van der Waals surface area contributed by atoms with Gasteiger partial charge in [0.25, 0.3) is 0 Å². The van der Waals surface area contributed by atoms with E-state index in [2.05, 4.69) is 12.2 Å². The highest BCUT2D eigenvalue weighted by molar-refractivity contribution is 5.30. The Hall–Kier alpha value is -0.560. The largest absolute Gasteiger partial charge is 0.389 e. The number of hydrogen-bond donors (Lipinski definition) is 1. The van der Waals surface area contributed by atoms with E-state index in [9.17, 15) is 5.11 Å². The maximum Gasteiger partial charge on any atom is 0.0732 e. The maximum absolute atomic E-state index is 9.25. The minimum Gasteiger partial charge on any atom is -0.389 e. The minimum atomic E-state index is -0.164.